The summed E-state index contributed by atoms with van der Waals surface area (Å²) >= 11 is 0. The number of hydrogen-bond donors (Lipinski definition) is 1. The van der Waals surface area contributed by atoms with Gasteiger partial charge in [-0.15, -0.1) is 0 Å². The molecule has 0 spiro atoms. The van der Waals surface area contributed by atoms with Gasteiger partial charge in [-0.25, -0.2) is 4.68 Å². The molecule has 0 aliphatic heterocycles. The zero-order chi connectivity index (χ0) is 16.8. The predicted molar refractivity (Wildman–Crippen MR) is 93.6 cm³/mol. The van der Waals surface area contributed by atoms with Gasteiger partial charge >= 0.3 is 0 Å². The number of hydrogen-bond acceptors (Lipinski definition) is 3. The van der Waals surface area contributed by atoms with Gasteiger partial charge in [-0.2, -0.15) is 5.10 Å². The van der Waals surface area contributed by atoms with Gasteiger partial charge in [0.2, 0.25) is 5.91 Å². The largest absolute Gasteiger partial charge is 0.353 e. The lowest BCUT2D eigenvalue weighted by atomic mass is 10.1. The normalized spacial score (nSPS) is 14.7. The molecular weight excluding hydrogens is 302 g/mol. The van der Waals surface area contributed by atoms with Crippen molar-refractivity contribution in [3.05, 3.63) is 52.8 Å². The van der Waals surface area contributed by atoms with Crippen molar-refractivity contribution in [2.24, 2.45) is 0 Å². The van der Waals surface area contributed by atoms with Gasteiger partial charge in [-0.3, -0.25) is 9.59 Å². The van der Waals surface area contributed by atoms with Crippen molar-refractivity contribution in [2.75, 3.05) is 0 Å². The third-order valence-corrected chi connectivity index (χ3v) is 4.43. The maximum atomic E-state index is 12.0. The summed E-state index contributed by atoms with van der Waals surface area (Å²) in [4.78, 5) is 23.9. The van der Waals surface area contributed by atoms with Crippen molar-refractivity contribution >= 4 is 5.91 Å². The quantitative estimate of drug-likeness (QED) is 0.888. The summed E-state index contributed by atoms with van der Waals surface area (Å²) in [6, 6.07) is 13.4. The molecule has 1 aromatic heterocycles. The smallest absolute Gasteiger partial charge is 0.266 e. The molecule has 2 aromatic rings. The highest BCUT2D eigenvalue weighted by Gasteiger charge is 2.16. The first-order chi connectivity index (χ1) is 11.7. The van der Waals surface area contributed by atoms with E-state index >= 15 is 0 Å². The maximum Gasteiger partial charge on any atom is 0.266 e. The van der Waals surface area contributed by atoms with Gasteiger partial charge in [0.05, 0.1) is 5.69 Å². The molecule has 0 unspecified atom stereocenters. The number of amides is 1. The molecule has 0 radical (unpaired) electrons. The van der Waals surface area contributed by atoms with Crippen molar-refractivity contribution in [2.45, 2.75) is 51.1 Å². The zero-order valence-electron chi connectivity index (χ0n) is 13.8. The third-order valence-electron chi connectivity index (χ3n) is 4.43. The number of benzene rings is 1. The Balaban J connectivity index is 1.56. The van der Waals surface area contributed by atoms with Crippen LogP contribution >= 0.6 is 0 Å². The van der Waals surface area contributed by atoms with Crippen LogP contribution in [0.3, 0.4) is 0 Å². The lowest BCUT2D eigenvalue weighted by Crippen LogP contribution is -2.32. The van der Waals surface area contributed by atoms with Crippen molar-refractivity contribution in [3.63, 3.8) is 0 Å². The Morgan fingerprint density at radius 3 is 2.62 bits per heavy atom. The van der Waals surface area contributed by atoms with Crippen molar-refractivity contribution in [3.8, 4) is 11.3 Å². The van der Waals surface area contributed by atoms with Crippen LogP contribution < -0.4 is 10.9 Å². The number of carbonyl (C=O) groups excluding carboxylic acids is 1. The maximum absolute atomic E-state index is 12.0. The topological polar surface area (TPSA) is 64.0 Å². The standard InChI is InChI=1S/C19H23N3O2/c23-18(20-16-9-4-5-10-16)11-6-14-22-19(24)13-12-17(21-22)15-7-2-1-3-8-15/h1-3,7-8,12-13,16H,4-6,9-11,14H2,(H,20,23). The second kappa shape index (κ2) is 7.90. The minimum atomic E-state index is -0.133. The molecule has 5 heteroatoms. The number of carbonyl (C=O) groups is 1. The molecule has 1 N–H and O–H groups in total. The summed E-state index contributed by atoms with van der Waals surface area (Å²) in [6.07, 6.45) is 5.63. The fourth-order valence-electron chi connectivity index (χ4n) is 3.13. The first-order valence-corrected chi connectivity index (χ1v) is 8.65. The minimum Gasteiger partial charge on any atom is -0.353 e. The van der Waals surface area contributed by atoms with E-state index in [4.69, 9.17) is 0 Å². The zero-order valence-corrected chi connectivity index (χ0v) is 13.8. The van der Waals surface area contributed by atoms with Crippen molar-refractivity contribution in [1.82, 2.24) is 15.1 Å². The molecule has 24 heavy (non-hydrogen) atoms. The van der Waals surface area contributed by atoms with Gasteiger partial charge in [0.15, 0.2) is 0 Å². The van der Waals surface area contributed by atoms with Gasteiger partial charge in [0, 0.05) is 30.6 Å². The Labute approximate surface area is 141 Å². The number of aromatic nitrogens is 2. The second-order valence-electron chi connectivity index (χ2n) is 6.30. The third kappa shape index (κ3) is 4.31. The fraction of sp³-hybridized carbons (Fsp3) is 0.421. The molecule has 1 saturated carbocycles. The van der Waals surface area contributed by atoms with E-state index in [0.29, 0.717) is 25.4 Å². The Bertz CT molecular complexity index is 734. The van der Waals surface area contributed by atoms with E-state index in [-0.39, 0.29) is 11.5 Å². The molecule has 3 rings (SSSR count). The lowest BCUT2D eigenvalue weighted by molar-refractivity contribution is -0.121. The van der Waals surface area contributed by atoms with Gasteiger partial charge < -0.3 is 5.32 Å². The van der Waals surface area contributed by atoms with Gasteiger partial charge in [-0.05, 0) is 25.3 Å². The Morgan fingerprint density at radius 2 is 1.88 bits per heavy atom. The monoisotopic (exact) mass is 325 g/mol. The molecular formula is C19H23N3O2. The summed E-state index contributed by atoms with van der Waals surface area (Å²) < 4.78 is 1.45. The Morgan fingerprint density at radius 1 is 1.12 bits per heavy atom. The molecule has 0 atom stereocenters. The fourth-order valence-corrected chi connectivity index (χ4v) is 3.13. The van der Waals surface area contributed by atoms with Crippen molar-refractivity contribution in [1.29, 1.82) is 0 Å². The van der Waals surface area contributed by atoms with E-state index < -0.39 is 0 Å². The predicted octanol–water partition coefficient (Wildman–Crippen LogP) is 2.75. The van der Waals surface area contributed by atoms with Crippen LogP contribution in [0.5, 0.6) is 0 Å². The number of nitrogens with zero attached hydrogens (tertiary/aromatic N) is 2. The lowest BCUT2D eigenvalue weighted by Gasteiger charge is -2.12. The molecule has 1 aromatic carbocycles. The van der Waals surface area contributed by atoms with Crippen LogP contribution in [-0.4, -0.2) is 21.7 Å². The summed E-state index contributed by atoms with van der Waals surface area (Å²) in [7, 11) is 0. The van der Waals surface area contributed by atoms with Crippen LogP contribution in [0.2, 0.25) is 0 Å². The number of aryl methyl sites for hydroxylation is 1. The summed E-state index contributed by atoms with van der Waals surface area (Å²) in [5.74, 6) is 0.0779. The van der Waals surface area contributed by atoms with Crippen LogP contribution in [0.25, 0.3) is 11.3 Å². The van der Waals surface area contributed by atoms with Crippen LogP contribution in [0, 0.1) is 0 Å². The average Bonchev–Trinajstić information content (AvgIpc) is 3.10. The molecule has 1 fully saturated rings. The number of nitrogens with one attached hydrogen (secondary N) is 1. The van der Waals surface area contributed by atoms with E-state index in [2.05, 4.69) is 10.4 Å². The van der Waals surface area contributed by atoms with Gasteiger partial charge in [0.25, 0.3) is 5.56 Å². The van der Waals surface area contributed by atoms with E-state index in [9.17, 15) is 9.59 Å². The molecule has 5 nitrogen and oxygen atoms in total. The first kappa shape index (κ1) is 16.4. The van der Waals surface area contributed by atoms with Gasteiger partial charge in [-0.1, -0.05) is 43.2 Å². The molecule has 126 valence electrons. The highest BCUT2D eigenvalue weighted by Crippen LogP contribution is 2.17. The molecule has 1 aliphatic rings. The molecule has 1 aliphatic carbocycles. The van der Waals surface area contributed by atoms with Crippen LogP contribution in [-0.2, 0) is 11.3 Å². The van der Waals surface area contributed by atoms with E-state index in [1.807, 2.05) is 30.3 Å². The molecule has 0 bridgehead atoms. The highest BCUT2D eigenvalue weighted by atomic mass is 16.1. The second-order valence-corrected chi connectivity index (χ2v) is 6.30. The van der Waals surface area contributed by atoms with E-state index in [1.165, 1.54) is 23.6 Å². The summed E-state index contributed by atoms with van der Waals surface area (Å²) in [5, 5.41) is 7.49. The first-order valence-electron chi connectivity index (χ1n) is 8.65. The number of rotatable bonds is 6. The molecule has 1 heterocycles. The Kier molecular flexibility index (Phi) is 5.41. The SMILES string of the molecule is O=C(CCCn1nc(-c2ccccc2)ccc1=O)NC1CCCC1. The van der Waals surface area contributed by atoms with Crippen molar-refractivity contribution < 1.29 is 4.79 Å². The van der Waals surface area contributed by atoms with Crippen LogP contribution in [0.15, 0.2) is 47.3 Å². The summed E-state index contributed by atoms with van der Waals surface area (Å²) in [5.41, 5.74) is 1.61. The average molecular weight is 325 g/mol. The summed E-state index contributed by atoms with van der Waals surface area (Å²) in [6.45, 7) is 0.456. The Hall–Kier alpha value is -2.43. The van der Waals surface area contributed by atoms with Gasteiger partial charge in [0.1, 0.15) is 0 Å². The van der Waals surface area contributed by atoms with E-state index in [0.717, 1.165) is 24.1 Å². The minimum absolute atomic E-state index is 0.0779. The van der Waals surface area contributed by atoms with E-state index in [1.54, 1.807) is 6.07 Å². The van der Waals surface area contributed by atoms with Crippen LogP contribution in [0.1, 0.15) is 38.5 Å². The molecule has 0 saturated heterocycles. The van der Waals surface area contributed by atoms with Crippen LogP contribution in [0.4, 0.5) is 0 Å². The highest BCUT2D eigenvalue weighted by molar-refractivity contribution is 5.76. The molecule has 1 amide bonds.